The summed E-state index contributed by atoms with van der Waals surface area (Å²) in [5, 5.41) is 0. The monoisotopic (exact) mass is 216 g/mol. The molecule has 0 amide bonds. The lowest BCUT2D eigenvalue weighted by atomic mass is 9.93. The molecule has 1 saturated carbocycles. The standard InChI is InChI=1S/C14H16O2/c1-3-12-11-8-14(11,13(15)16-12)10-6-4-9(2)5-7-10/h4-7,11-12H,3,8H2,1-2H3/t11-,12-,14+/m0/s1. The molecule has 1 heterocycles. The van der Waals surface area contributed by atoms with Crippen LogP contribution >= 0.6 is 0 Å². The van der Waals surface area contributed by atoms with Gasteiger partial charge in [0.05, 0.1) is 5.41 Å². The molecule has 84 valence electrons. The number of carbonyl (C=O) groups excluding carboxylic acids is 1. The molecule has 2 nitrogen and oxygen atoms in total. The summed E-state index contributed by atoms with van der Waals surface area (Å²) in [6.45, 7) is 4.15. The highest BCUT2D eigenvalue weighted by atomic mass is 16.6. The van der Waals surface area contributed by atoms with E-state index >= 15 is 0 Å². The van der Waals surface area contributed by atoms with E-state index < -0.39 is 0 Å². The highest BCUT2D eigenvalue weighted by Crippen LogP contribution is 2.62. The van der Waals surface area contributed by atoms with E-state index in [9.17, 15) is 4.79 Å². The van der Waals surface area contributed by atoms with Crippen LogP contribution in [-0.2, 0) is 14.9 Å². The largest absolute Gasteiger partial charge is 0.461 e. The second-order valence-electron chi connectivity index (χ2n) is 5.00. The fourth-order valence-corrected chi connectivity index (χ4v) is 2.96. The normalized spacial score (nSPS) is 35.8. The van der Waals surface area contributed by atoms with Crippen LogP contribution in [0, 0.1) is 12.8 Å². The maximum atomic E-state index is 12.0. The lowest BCUT2D eigenvalue weighted by Crippen LogP contribution is -2.19. The molecule has 16 heavy (non-hydrogen) atoms. The first-order valence-corrected chi connectivity index (χ1v) is 5.96. The molecule has 1 saturated heterocycles. The Morgan fingerprint density at radius 2 is 2.06 bits per heavy atom. The molecule has 1 aromatic rings. The zero-order valence-electron chi connectivity index (χ0n) is 9.69. The number of fused-ring (bicyclic) bond motifs is 1. The van der Waals surface area contributed by atoms with Gasteiger partial charge < -0.3 is 4.74 Å². The molecule has 0 spiro atoms. The minimum absolute atomic E-state index is 0.00629. The van der Waals surface area contributed by atoms with Crippen molar-refractivity contribution in [1.29, 1.82) is 0 Å². The molecule has 1 aliphatic carbocycles. The van der Waals surface area contributed by atoms with Gasteiger partial charge in [0.1, 0.15) is 6.10 Å². The molecule has 0 N–H and O–H groups in total. The Morgan fingerprint density at radius 3 is 2.56 bits per heavy atom. The van der Waals surface area contributed by atoms with E-state index in [1.165, 1.54) is 5.56 Å². The van der Waals surface area contributed by atoms with Crippen LogP contribution in [0.4, 0.5) is 0 Å². The van der Waals surface area contributed by atoms with E-state index in [1.54, 1.807) is 0 Å². The predicted molar refractivity (Wildman–Crippen MR) is 61.1 cm³/mol. The van der Waals surface area contributed by atoms with Gasteiger partial charge in [-0.15, -0.1) is 0 Å². The zero-order valence-corrected chi connectivity index (χ0v) is 9.69. The molecule has 1 aromatic carbocycles. The molecule has 0 radical (unpaired) electrons. The Hall–Kier alpha value is -1.31. The smallest absolute Gasteiger partial charge is 0.317 e. The van der Waals surface area contributed by atoms with Crippen LogP contribution in [0.25, 0.3) is 0 Å². The quantitative estimate of drug-likeness (QED) is 0.710. The Labute approximate surface area is 95.6 Å². The van der Waals surface area contributed by atoms with Crippen LogP contribution in [0.3, 0.4) is 0 Å². The summed E-state index contributed by atoms with van der Waals surface area (Å²) >= 11 is 0. The van der Waals surface area contributed by atoms with Crippen molar-refractivity contribution in [2.24, 2.45) is 5.92 Å². The van der Waals surface area contributed by atoms with E-state index in [2.05, 4.69) is 38.1 Å². The lowest BCUT2D eigenvalue weighted by molar-refractivity contribution is -0.146. The first-order valence-electron chi connectivity index (χ1n) is 5.96. The Balaban J connectivity index is 1.97. The van der Waals surface area contributed by atoms with E-state index in [1.807, 2.05) is 0 Å². The number of ether oxygens (including phenoxy) is 1. The van der Waals surface area contributed by atoms with Crippen molar-refractivity contribution in [3.8, 4) is 0 Å². The number of cyclic esters (lactones) is 1. The zero-order chi connectivity index (χ0) is 11.3. The predicted octanol–water partition coefficient (Wildman–Crippen LogP) is 2.59. The van der Waals surface area contributed by atoms with Crippen molar-refractivity contribution in [3.05, 3.63) is 35.4 Å². The lowest BCUT2D eigenvalue weighted by Gasteiger charge is -2.10. The van der Waals surface area contributed by atoms with Gasteiger partial charge in [-0.25, -0.2) is 0 Å². The van der Waals surface area contributed by atoms with Crippen molar-refractivity contribution in [1.82, 2.24) is 0 Å². The number of hydrogen-bond acceptors (Lipinski definition) is 2. The van der Waals surface area contributed by atoms with Crippen LogP contribution < -0.4 is 0 Å². The molecule has 2 aliphatic rings. The van der Waals surface area contributed by atoms with Gasteiger partial charge in [0.15, 0.2) is 0 Å². The molecule has 0 unspecified atom stereocenters. The van der Waals surface area contributed by atoms with Crippen molar-refractivity contribution < 1.29 is 9.53 Å². The fraction of sp³-hybridized carbons (Fsp3) is 0.500. The van der Waals surface area contributed by atoms with Crippen LogP contribution in [0.2, 0.25) is 0 Å². The number of hydrogen-bond donors (Lipinski definition) is 0. The van der Waals surface area contributed by atoms with Gasteiger partial charge in [-0.3, -0.25) is 4.79 Å². The maximum absolute atomic E-state index is 12.0. The van der Waals surface area contributed by atoms with E-state index in [0.29, 0.717) is 5.92 Å². The molecule has 0 aromatic heterocycles. The first kappa shape index (κ1) is 9.88. The summed E-state index contributed by atoms with van der Waals surface area (Å²) in [5.74, 6) is 0.418. The summed E-state index contributed by atoms with van der Waals surface area (Å²) in [7, 11) is 0. The fourth-order valence-electron chi connectivity index (χ4n) is 2.96. The van der Waals surface area contributed by atoms with Crippen molar-refractivity contribution in [2.45, 2.75) is 38.2 Å². The van der Waals surface area contributed by atoms with Crippen LogP contribution in [0.1, 0.15) is 30.9 Å². The molecule has 3 atom stereocenters. The van der Waals surface area contributed by atoms with Gasteiger partial charge in [-0.05, 0) is 25.3 Å². The van der Waals surface area contributed by atoms with Gasteiger partial charge in [0.25, 0.3) is 0 Å². The highest BCUT2D eigenvalue weighted by Gasteiger charge is 2.70. The van der Waals surface area contributed by atoms with Gasteiger partial charge in [0.2, 0.25) is 0 Å². The minimum atomic E-state index is -0.283. The van der Waals surface area contributed by atoms with Crippen molar-refractivity contribution >= 4 is 5.97 Å². The van der Waals surface area contributed by atoms with Crippen LogP contribution in [0.15, 0.2) is 24.3 Å². The van der Waals surface area contributed by atoms with Gasteiger partial charge in [0, 0.05) is 5.92 Å². The highest BCUT2D eigenvalue weighted by molar-refractivity contribution is 5.90. The molecule has 0 bridgehead atoms. The summed E-state index contributed by atoms with van der Waals surface area (Å²) in [6, 6.07) is 8.31. The third-order valence-electron chi connectivity index (χ3n) is 4.06. The second kappa shape index (κ2) is 3.09. The molecular weight excluding hydrogens is 200 g/mol. The number of carbonyl (C=O) groups is 1. The SMILES string of the molecule is CC[C@@H]1OC(=O)[C@@]2(c3ccc(C)cc3)C[C@@H]12. The molecule has 2 heteroatoms. The van der Waals surface area contributed by atoms with Gasteiger partial charge in [-0.1, -0.05) is 36.8 Å². The Bertz CT molecular complexity index is 435. The van der Waals surface area contributed by atoms with Crippen molar-refractivity contribution in [2.75, 3.05) is 0 Å². The summed E-state index contributed by atoms with van der Waals surface area (Å²) in [5.41, 5.74) is 2.09. The molecule has 1 aliphatic heterocycles. The number of benzene rings is 1. The van der Waals surface area contributed by atoms with E-state index in [4.69, 9.17) is 4.74 Å². The number of esters is 1. The number of aryl methyl sites for hydroxylation is 1. The van der Waals surface area contributed by atoms with Crippen molar-refractivity contribution in [3.63, 3.8) is 0 Å². The molecule has 3 rings (SSSR count). The van der Waals surface area contributed by atoms with Gasteiger partial charge in [-0.2, -0.15) is 0 Å². The average Bonchev–Trinajstić information content (AvgIpc) is 2.97. The van der Waals surface area contributed by atoms with E-state index in [0.717, 1.165) is 18.4 Å². The third kappa shape index (κ3) is 1.10. The van der Waals surface area contributed by atoms with Crippen LogP contribution in [-0.4, -0.2) is 12.1 Å². The first-order chi connectivity index (χ1) is 7.68. The van der Waals surface area contributed by atoms with E-state index in [-0.39, 0.29) is 17.5 Å². The average molecular weight is 216 g/mol. The topological polar surface area (TPSA) is 26.3 Å². The molecule has 2 fully saturated rings. The third-order valence-corrected chi connectivity index (χ3v) is 4.06. The summed E-state index contributed by atoms with van der Waals surface area (Å²) in [6.07, 6.45) is 2.06. The Morgan fingerprint density at radius 1 is 1.38 bits per heavy atom. The van der Waals surface area contributed by atoms with Crippen LogP contribution in [0.5, 0.6) is 0 Å². The Kier molecular flexibility index (Phi) is 1.91. The maximum Gasteiger partial charge on any atom is 0.317 e. The second-order valence-corrected chi connectivity index (χ2v) is 5.00. The summed E-state index contributed by atoms with van der Waals surface area (Å²) in [4.78, 5) is 12.0. The number of rotatable bonds is 2. The van der Waals surface area contributed by atoms with Gasteiger partial charge >= 0.3 is 5.97 Å². The summed E-state index contributed by atoms with van der Waals surface area (Å²) < 4.78 is 5.42. The minimum Gasteiger partial charge on any atom is -0.461 e. The molecular formula is C14H16O2.